The topological polar surface area (TPSA) is 177 Å². The van der Waals surface area contributed by atoms with E-state index in [1.54, 1.807) is 30.7 Å². The van der Waals surface area contributed by atoms with Crippen LogP contribution in [0.2, 0.25) is 10.2 Å². The lowest BCUT2D eigenvalue weighted by atomic mass is 9.91. The first kappa shape index (κ1) is 35.7. The largest absolute Gasteiger partial charge is 0.506 e. The Bertz CT molecular complexity index is 2070. The predicted molar refractivity (Wildman–Crippen MR) is 182 cm³/mol. The highest BCUT2D eigenvalue weighted by Crippen LogP contribution is 2.33. The van der Waals surface area contributed by atoms with Crippen LogP contribution in [0.25, 0.3) is 21.7 Å². The molecule has 0 saturated carbocycles. The molecule has 4 heterocycles. The van der Waals surface area contributed by atoms with Crippen LogP contribution in [0.5, 0.6) is 0 Å². The number of halogens is 3. The number of ketones is 2. The van der Waals surface area contributed by atoms with Crippen LogP contribution in [0.3, 0.4) is 0 Å². The Balaban J connectivity index is 0.000000163. The van der Waals surface area contributed by atoms with E-state index in [-0.39, 0.29) is 57.1 Å². The van der Waals surface area contributed by atoms with Gasteiger partial charge < -0.3 is 5.11 Å². The van der Waals surface area contributed by atoms with Gasteiger partial charge in [-0.05, 0) is 48.6 Å². The quantitative estimate of drug-likeness (QED) is 0.216. The Morgan fingerprint density at radius 1 is 0.729 bits per heavy atom. The summed E-state index contributed by atoms with van der Waals surface area (Å²) in [6, 6.07) is 11.0. The molecular weight excluding hydrogens is 673 g/mol. The first-order valence-electron chi connectivity index (χ1n) is 14.7. The van der Waals surface area contributed by atoms with Crippen molar-refractivity contribution in [2.45, 2.75) is 52.9 Å². The number of aliphatic hydroxyl groups is 1. The molecule has 6 rings (SSSR count). The minimum atomic E-state index is -0.349. The number of aromatic nitrogens is 4. The van der Waals surface area contributed by atoms with E-state index in [2.05, 4.69) is 19.9 Å². The van der Waals surface area contributed by atoms with Gasteiger partial charge in [0.15, 0.2) is 11.6 Å². The van der Waals surface area contributed by atoms with E-state index in [9.17, 15) is 14.7 Å². The molecule has 0 atom stereocenters. The summed E-state index contributed by atoms with van der Waals surface area (Å²) in [5.74, 6) is -0.796. The third kappa shape index (κ3) is 7.35. The molecular formula is C35H26Cl3N7O3. The highest BCUT2D eigenvalue weighted by atomic mass is 35.5. The van der Waals surface area contributed by atoms with Gasteiger partial charge in [0.2, 0.25) is 0 Å². The van der Waals surface area contributed by atoms with Gasteiger partial charge in [-0.25, -0.2) is 4.98 Å². The first-order chi connectivity index (χ1) is 23.0. The minimum absolute atomic E-state index is 0.0578. The highest BCUT2D eigenvalue weighted by molar-refractivity contribution is 6.52. The number of Topliss-reactive ketones (excluding diaryl/α,β-unsaturated/α-hetero) is 2. The summed E-state index contributed by atoms with van der Waals surface area (Å²) >= 11 is 18.0. The standard InChI is InChI=1S/C12H9ClN2O.C12H10N2O2.C11H7Cl2N3/c1-2-8-4-9-7(6-15-8)3-11(16)10(5-14)12(9)13;1-2-8-4-9-7(6-14-8)3-11(15)10(5-13)12(9)16;1-2-6-3-7-9(5-15-6)16-11(13)8(4-14)10(7)12/h4,6H,2-3H2,1H3;4,6,16H,2-3H2,1H3;3,5H,2H2,1H3. The van der Waals surface area contributed by atoms with E-state index in [1.807, 2.05) is 45.0 Å². The summed E-state index contributed by atoms with van der Waals surface area (Å²) in [7, 11) is 0. The number of carbonyl (C=O) groups excluding carboxylic acids is 2. The molecule has 0 amide bonds. The number of allylic oxidation sites excluding steroid dienone is 2. The van der Waals surface area contributed by atoms with Crippen molar-refractivity contribution in [3.8, 4) is 18.2 Å². The molecule has 10 nitrogen and oxygen atoms in total. The molecule has 4 aromatic heterocycles. The molecule has 13 heteroatoms. The van der Waals surface area contributed by atoms with Crippen LogP contribution in [0, 0.1) is 34.0 Å². The van der Waals surface area contributed by atoms with Gasteiger partial charge in [0, 0.05) is 58.8 Å². The SMILES string of the molecule is CCc1cc2c(Cl)c(C#N)c(Cl)nc2cn1.CCc1cc2c(cn1)CC(=O)C(C#N)=C2Cl.CCc1cc2c(cn1)CC(=O)C(C#N)=C2O. The van der Waals surface area contributed by atoms with Gasteiger partial charge in [0.05, 0.1) is 21.8 Å². The first-order valence-corrected chi connectivity index (χ1v) is 15.8. The summed E-state index contributed by atoms with van der Waals surface area (Å²) in [6.07, 6.45) is 7.58. The van der Waals surface area contributed by atoms with Gasteiger partial charge in [-0.3, -0.25) is 24.5 Å². The molecule has 4 aromatic rings. The van der Waals surface area contributed by atoms with Crippen molar-refractivity contribution in [2.75, 3.05) is 0 Å². The van der Waals surface area contributed by atoms with E-state index < -0.39 is 0 Å². The van der Waals surface area contributed by atoms with Crippen molar-refractivity contribution in [1.29, 1.82) is 15.8 Å². The molecule has 2 aliphatic rings. The fourth-order valence-electron chi connectivity index (χ4n) is 4.85. The molecule has 0 saturated heterocycles. The van der Waals surface area contributed by atoms with E-state index >= 15 is 0 Å². The Labute approximate surface area is 291 Å². The Kier molecular flexibility index (Phi) is 11.6. The summed E-state index contributed by atoms with van der Waals surface area (Å²) < 4.78 is 0. The van der Waals surface area contributed by atoms with E-state index in [1.165, 1.54) is 0 Å². The summed E-state index contributed by atoms with van der Waals surface area (Å²) in [5, 5.41) is 37.8. The average Bonchev–Trinajstić information content (AvgIpc) is 3.09. The van der Waals surface area contributed by atoms with E-state index in [0.29, 0.717) is 21.7 Å². The maximum absolute atomic E-state index is 11.6. The highest BCUT2D eigenvalue weighted by Gasteiger charge is 2.26. The molecule has 0 aromatic carbocycles. The molecule has 0 unspecified atom stereocenters. The second-order valence-electron chi connectivity index (χ2n) is 10.5. The van der Waals surface area contributed by atoms with Gasteiger partial charge >= 0.3 is 0 Å². The lowest BCUT2D eigenvalue weighted by molar-refractivity contribution is -0.115. The van der Waals surface area contributed by atoms with Crippen molar-refractivity contribution >= 4 is 68.1 Å². The van der Waals surface area contributed by atoms with Gasteiger partial charge in [0.1, 0.15) is 45.8 Å². The monoisotopic (exact) mass is 697 g/mol. The number of hydrogen-bond donors (Lipinski definition) is 1. The minimum Gasteiger partial charge on any atom is -0.506 e. The lowest BCUT2D eigenvalue weighted by Crippen LogP contribution is -2.15. The number of aliphatic hydroxyl groups excluding tert-OH is 1. The number of nitriles is 3. The van der Waals surface area contributed by atoms with Gasteiger partial charge in [-0.15, -0.1) is 0 Å². The van der Waals surface area contributed by atoms with Crippen molar-refractivity contribution in [3.05, 3.63) is 103 Å². The third-order valence-corrected chi connectivity index (χ3v) is 8.60. The van der Waals surface area contributed by atoms with Gasteiger partial charge in [0.25, 0.3) is 0 Å². The molecule has 0 radical (unpaired) electrons. The van der Waals surface area contributed by atoms with Gasteiger partial charge in [-0.1, -0.05) is 55.6 Å². The van der Waals surface area contributed by atoms with Crippen LogP contribution in [0.1, 0.15) is 65.7 Å². The van der Waals surface area contributed by atoms with Crippen molar-refractivity contribution < 1.29 is 14.7 Å². The molecule has 0 fully saturated rings. The number of fused-ring (bicyclic) bond motifs is 3. The number of rotatable bonds is 3. The number of aryl methyl sites for hydroxylation is 3. The van der Waals surface area contributed by atoms with Crippen LogP contribution in [-0.2, 0) is 41.7 Å². The zero-order valence-corrected chi connectivity index (χ0v) is 28.3. The fourth-order valence-corrected chi connectivity index (χ4v) is 5.73. The summed E-state index contributed by atoms with van der Waals surface area (Å²) in [5.41, 5.74) is 6.17. The van der Waals surface area contributed by atoms with Crippen LogP contribution in [-0.4, -0.2) is 36.6 Å². The predicted octanol–water partition coefficient (Wildman–Crippen LogP) is 7.18. The van der Waals surface area contributed by atoms with Crippen molar-refractivity contribution in [2.24, 2.45) is 0 Å². The number of carbonyl (C=O) groups is 2. The lowest BCUT2D eigenvalue weighted by Gasteiger charge is -2.15. The zero-order valence-electron chi connectivity index (χ0n) is 26.0. The summed E-state index contributed by atoms with van der Waals surface area (Å²) in [4.78, 5) is 39.7. The van der Waals surface area contributed by atoms with Crippen LogP contribution in [0.4, 0.5) is 0 Å². The molecule has 240 valence electrons. The number of hydrogen-bond acceptors (Lipinski definition) is 10. The number of nitrogens with zero attached hydrogens (tertiary/aromatic N) is 7. The van der Waals surface area contributed by atoms with E-state index in [4.69, 9.17) is 50.6 Å². The molecule has 1 N–H and O–H groups in total. The second-order valence-corrected chi connectivity index (χ2v) is 11.6. The van der Waals surface area contributed by atoms with Crippen LogP contribution in [0.15, 0.2) is 47.9 Å². The Morgan fingerprint density at radius 2 is 1.23 bits per heavy atom. The average molecular weight is 699 g/mol. The third-order valence-electron chi connectivity index (χ3n) is 7.54. The van der Waals surface area contributed by atoms with Crippen LogP contribution >= 0.6 is 34.8 Å². The normalized spacial score (nSPS) is 13.2. The zero-order chi connectivity index (χ0) is 35.1. The van der Waals surface area contributed by atoms with Crippen LogP contribution < -0.4 is 0 Å². The molecule has 0 aliphatic heterocycles. The second kappa shape index (κ2) is 15.6. The molecule has 0 spiro atoms. The number of pyridine rings is 4. The Hall–Kier alpha value is -5.18. The Morgan fingerprint density at radius 3 is 1.77 bits per heavy atom. The molecule has 0 bridgehead atoms. The van der Waals surface area contributed by atoms with E-state index in [0.717, 1.165) is 52.9 Å². The van der Waals surface area contributed by atoms with Crippen molar-refractivity contribution in [1.82, 2.24) is 19.9 Å². The fraction of sp³-hybridized carbons (Fsp3) is 0.229. The maximum Gasteiger partial charge on any atom is 0.181 e. The molecule has 2 aliphatic carbocycles. The maximum atomic E-state index is 11.6. The summed E-state index contributed by atoms with van der Waals surface area (Å²) in [6.45, 7) is 5.94. The van der Waals surface area contributed by atoms with Crippen molar-refractivity contribution in [3.63, 3.8) is 0 Å². The van der Waals surface area contributed by atoms with Gasteiger partial charge in [-0.2, -0.15) is 15.8 Å². The molecule has 48 heavy (non-hydrogen) atoms. The smallest absolute Gasteiger partial charge is 0.181 e.